The van der Waals surface area contributed by atoms with Crippen molar-refractivity contribution in [3.8, 4) is 0 Å². The first-order chi connectivity index (χ1) is 20.0. The monoisotopic (exact) mass is 598 g/mol. The number of ether oxygens (including phenoxy) is 3. The van der Waals surface area contributed by atoms with Crippen molar-refractivity contribution in [3.63, 3.8) is 0 Å². The molecule has 42 heavy (non-hydrogen) atoms. The minimum absolute atomic E-state index is 0.308. The van der Waals surface area contributed by atoms with Crippen molar-refractivity contribution in [3.05, 3.63) is 0 Å². The third kappa shape index (κ3) is 8.42. The second kappa shape index (κ2) is 15.3. The Hall–Kier alpha value is -3.22. The van der Waals surface area contributed by atoms with Gasteiger partial charge in [-0.25, -0.2) is 0 Å². The summed E-state index contributed by atoms with van der Waals surface area (Å²) in [4.78, 5) is 74.0. The van der Waals surface area contributed by atoms with Crippen molar-refractivity contribution in [1.29, 1.82) is 0 Å². The van der Waals surface area contributed by atoms with Gasteiger partial charge in [-0.2, -0.15) is 0 Å². The SMILES string of the molecule is O=C(O)C1CCCCC1C(=O)OCC(CO)(COC(=O)C1CCCCC1C(=O)O)COC(=O)C1CCCCC1C(=O)O. The summed E-state index contributed by atoms with van der Waals surface area (Å²) < 4.78 is 16.4. The highest BCUT2D eigenvalue weighted by Gasteiger charge is 2.43. The van der Waals surface area contributed by atoms with Crippen molar-refractivity contribution < 1.29 is 63.4 Å². The largest absolute Gasteiger partial charge is 0.481 e. The molecule has 0 aliphatic heterocycles. The molecule has 0 aromatic rings. The lowest BCUT2D eigenvalue weighted by atomic mass is 9.79. The highest BCUT2D eigenvalue weighted by atomic mass is 16.6. The zero-order valence-corrected chi connectivity index (χ0v) is 23.7. The predicted octanol–water partition coefficient (Wildman–Crippen LogP) is 2.27. The number of aliphatic hydroxyl groups excluding tert-OH is 1. The van der Waals surface area contributed by atoms with E-state index in [1.165, 1.54) is 0 Å². The average Bonchev–Trinajstić information content (AvgIpc) is 3.00. The van der Waals surface area contributed by atoms with Gasteiger partial charge in [-0.1, -0.05) is 38.5 Å². The highest BCUT2D eigenvalue weighted by Crippen LogP contribution is 2.35. The number of hydrogen-bond donors (Lipinski definition) is 4. The van der Waals surface area contributed by atoms with Crippen molar-refractivity contribution in [1.82, 2.24) is 0 Å². The fourth-order valence-electron chi connectivity index (χ4n) is 6.38. The average molecular weight is 599 g/mol. The zero-order chi connectivity index (χ0) is 30.9. The first-order valence-corrected chi connectivity index (χ1v) is 14.8. The molecule has 0 aromatic heterocycles. The van der Waals surface area contributed by atoms with Crippen LogP contribution in [0.1, 0.15) is 77.0 Å². The molecular weight excluding hydrogens is 556 g/mol. The van der Waals surface area contributed by atoms with Crippen LogP contribution in [0.4, 0.5) is 0 Å². The molecule has 6 atom stereocenters. The molecule has 0 aromatic carbocycles. The lowest BCUT2D eigenvalue weighted by molar-refractivity contribution is -0.177. The third-order valence-corrected chi connectivity index (χ3v) is 9.05. The number of carboxylic acid groups (broad SMARTS) is 3. The number of carbonyl (C=O) groups is 6. The Balaban J connectivity index is 1.75. The first kappa shape index (κ1) is 33.3. The maximum absolute atomic E-state index is 13.0. The van der Waals surface area contributed by atoms with Crippen LogP contribution in [-0.2, 0) is 43.0 Å². The molecule has 13 heteroatoms. The predicted molar refractivity (Wildman–Crippen MR) is 142 cm³/mol. The molecule has 3 aliphatic rings. The maximum atomic E-state index is 13.0. The van der Waals surface area contributed by atoms with Gasteiger partial charge in [-0.15, -0.1) is 0 Å². The summed E-state index contributed by atoms with van der Waals surface area (Å²) in [6.45, 7) is -2.50. The van der Waals surface area contributed by atoms with E-state index in [2.05, 4.69) is 0 Å². The third-order valence-electron chi connectivity index (χ3n) is 9.05. The van der Waals surface area contributed by atoms with Crippen molar-refractivity contribution >= 4 is 35.8 Å². The van der Waals surface area contributed by atoms with Crippen LogP contribution in [0, 0.1) is 40.9 Å². The van der Waals surface area contributed by atoms with E-state index in [-0.39, 0.29) is 0 Å². The van der Waals surface area contributed by atoms with Gasteiger partial charge in [0.25, 0.3) is 0 Å². The van der Waals surface area contributed by atoms with Crippen LogP contribution in [0.25, 0.3) is 0 Å². The number of aliphatic hydroxyl groups is 1. The molecule has 3 saturated carbocycles. The van der Waals surface area contributed by atoms with E-state index in [0.29, 0.717) is 77.0 Å². The smallest absolute Gasteiger partial charge is 0.309 e. The molecule has 3 aliphatic carbocycles. The van der Waals surface area contributed by atoms with E-state index >= 15 is 0 Å². The summed E-state index contributed by atoms with van der Waals surface area (Å²) in [5.41, 5.74) is -1.64. The molecule has 3 rings (SSSR count). The molecule has 4 N–H and O–H groups in total. The number of hydrogen-bond acceptors (Lipinski definition) is 10. The molecule has 13 nitrogen and oxygen atoms in total. The van der Waals surface area contributed by atoms with E-state index in [0.717, 1.165) is 0 Å². The molecule has 6 unspecified atom stereocenters. The van der Waals surface area contributed by atoms with Crippen LogP contribution in [-0.4, -0.2) is 82.7 Å². The van der Waals surface area contributed by atoms with Crippen LogP contribution in [0.15, 0.2) is 0 Å². The number of rotatable bonds is 13. The lowest BCUT2D eigenvalue weighted by Crippen LogP contribution is -2.46. The fourth-order valence-corrected chi connectivity index (χ4v) is 6.38. The molecular formula is C29H42O13. The summed E-state index contributed by atoms with van der Waals surface area (Å²) in [5, 5.41) is 39.0. The topological polar surface area (TPSA) is 211 Å². The molecule has 3 fully saturated rings. The van der Waals surface area contributed by atoms with Crippen molar-refractivity contribution in [2.24, 2.45) is 40.9 Å². The zero-order valence-electron chi connectivity index (χ0n) is 23.7. The van der Waals surface area contributed by atoms with Crippen molar-refractivity contribution in [2.75, 3.05) is 26.4 Å². The standard InChI is InChI=1S/C29H42O13/c30-13-29(14-40-26(37)20-10-4-1-7-17(20)23(31)32,15-41-27(38)21-11-5-2-8-18(21)24(33)34)16-42-28(39)22-12-6-3-9-19(22)25(35)36/h17-22,30H,1-16H2,(H,31,32)(H,33,34)(H,35,36). The Bertz CT molecular complexity index is 886. The van der Waals surface area contributed by atoms with Crippen LogP contribution in [0.2, 0.25) is 0 Å². The number of carboxylic acids is 3. The van der Waals surface area contributed by atoms with Gasteiger partial charge in [0, 0.05) is 0 Å². The van der Waals surface area contributed by atoms with Gasteiger partial charge < -0.3 is 34.6 Å². The van der Waals surface area contributed by atoms with Crippen LogP contribution in [0.5, 0.6) is 0 Å². The highest BCUT2D eigenvalue weighted by molar-refractivity contribution is 5.82. The lowest BCUT2D eigenvalue weighted by Gasteiger charge is -2.34. The molecule has 0 bridgehead atoms. The van der Waals surface area contributed by atoms with Gasteiger partial charge in [0.1, 0.15) is 19.8 Å². The second-order valence-electron chi connectivity index (χ2n) is 12.0. The minimum atomic E-state index is -1.64. The van der Waals surface area contributed by atoms with Gasteiger partial charge in [0.2, 0.25) is 0 Å². The Kier molecular flexibility index (Phi) is 12.1. The summed E-state index contributed by atoms with van der Waals surface area (Å²) in [7, 11) is 0. The van der Waals surface area contributed by atoms with Gasteiger partial charge in [-0.05, 0) is 38.5 Å². The number of esters is 3. The quantitative estimate of drug-likeness (QED) is 0.177. The Morgan fingerprint density at radius 3 is 0.929 bits per heavy atom. The van der Waals surface area contributed by atoms with E-state index in [1.807, 2.05) is 0 Å². The minimum Gasteiger partial charge on any atom is -0.481 e. The molecule has 0 heterocycles. The summed E-state index contributed by atoms with van der Waals surface area (Å²) >= 11 is 0. The second-order valence-corrected chi connectivity index (χ2v) is 12.0. The Morgan fingerprint density at radius 2 is 0.714 bits per heavy atom. The fraction of sp³-hybridized carbons (Fsp3) is 0.793. The van der Waals surface area contributed by atoms with Crippen LogP contribution in [0.3, 0.4) is 0 Å². The Labute approximate surface area is 243 Å². The van der Waals surface area contributed by atoms with Gasteiger partial charge in [-0.3, -0.25) is 28.8 Å². The first-order valence-electron chi connectivity index (χ1n) is 14.8. The molecule has 0 amide bonds. The number of carbonyl (C=O) groups excluding carboxylic acids is 3. The van der Waals surface area contributed by atoms with E-state index < -0.39 is 103 Å². The van der Waals surface area contributed by atoms with Crippen LogP contribution >= 0.6 is 0 Å². The Morgan fingerprint density at radius 1 is 0.476 bits per heavy atom. The molecule has 0 spiro atoms. The normalized spacial score (nSPS) is 29.4. The van der Waals surface area contributed by atoms with E-state index in [9.17, 15) is 49.2 Å². The molecule has 0 radical (unpaired) electrons. The van der Waals surface area contributed by atoms with E-state index in [4.69, 9.17) is 14.2 Å². The summed E-state index contributed by atoms with van der Waals surface area (Å²) in [6, 6.07) is 0. The van der Waals surface area contributed by atoms with Gasteiger partial charge >= 0.3 is 35.8 Å². The van der Waals surface area contributed by atoms with Crippen LogP contribution < -0.4 is 0 Å². The van der Waals surface area contributed by atoms with Crippen molar-refractivity contribution in [2.45, 2.75) is 77.0 Å². The maximum Gasteiger partial charge on any atom is 0.309 e. The molecule has 0 saturated heterocycles. The molecule has 236 valence electrons. The number of aliphatic carboxylic acids is 3. The summed E-state index contributed by atoms with van der Waals surface area (Å²) in [6.07, 6.45) is 5.76. The van der Waals surface area contributed by atoms with Gasteiger partial charge in [0.05, 0.1) is 47.5 Å². The van der Waals surface area contributed by atoms with Gasteiger partial charge in [0.15, 0.2) is 0 Å². The summed E-state index contributed by atoms with van der Waals surface area (Å²) in [5.74, 6) is -11.2. The van der Waals surface area contributed by atoms with E-state index in [1.54, 1.807) is 0 Å².